The Balaban J connectivity index is 1.14. The molecule has 3 saturated heterocycles. The van der Waals surface area contributed by atoms with Crippen molar-refractivity contribution in [2.75, 3.05) is 6.61 Å². The second kappa shape index (κ2) is 6.71. The molecule has 9 rings (SSSR count). The van der Waals surface area contributed by atoms with Crippen molar-refractivity contribution in [1.29, 1.82) is 0 Å². The molecule has 6 bridgehead atoms. The quantitative estimate of drug-likeness (QED) is 0.524. The molecule has 3 aliphatic heterocycles. The summed E-state index contributed by atoms with van der Waals surface area (Å²) < 4.78 is 13.7. The fourth-order valence-electron chi connectivity index (χ4n) is 10.3. The summed E-state index contributed by atoms with van der Waals surface area (Å²) in [5, 5.41) is 0. The zero-order valence-corrected chi connectivity index (χ0v) is 19.8. The second-order valence-electron chi connectivity index (χ2n) is 13.6. The highest BCUT2D eigenvalue weighted by atomic mass is 17.2. The molecular formula is C27H42O4. The Morgan fingerprint density at radius 2 is 1.55 bits per heavy atom. The van der Waals surface area contributed by atoms with Crippen LogP contribution in [0.5, 0.6) is 0 Å². The molecule has 9 fully saturated rings. The number of rotatable bonds is 3. The molecule has 6 saturated carbocycles. The Morgan fingerprint density at radius 3 is 2.26 bits per heavy atom. The Labute approximate surface area is 188 Å². The number of fused-ring (bicyclic) bond motifs is 2. The van der Waals surface area contributed by atoms with E-state index in [0.29, 0.717) is 29.1 Å². The highest BCUT2D eigenvalue weighted by Crippen LogP contribution is 2.63. The highest BCUT2D eigenvalue weighted by molar-refractivity contribution is 5.13. The minimum Gasteiger partial charge on any atom is -0.352 e. The Kier molecular flexibility index (Phi) is 4.38. The van der Waals surface area contributed by atoms with E-state index < -0.39 is 0 Å². The van der Waals surface area contributed by atoms with Crippen LogP contribution in [0.15, 0.2) is 0 Å². The van der Waals surface area contributed by atoms with Crippen LogP contribution in [0, 0.1) is 46.8 Å². The summed E-state index contributed by atoms with van der Waals surface area (Å²) in [6.45, 7) is 7.95. The molecule has 0 N–H and O–H groups in total. The van der Waals surface area contributed by atoms with Crippen LogP contribution in [0.1, 0.15) is 91.4 Å². The van der Waals surface area contributed by atoms with Crippen LogP contribution >= 0.6 is 0 Å². The summed E-state index contributed by atoms with van der Waals surface area (Å²) >= 11 is 0. The van der Waals surface area contributed by atoms with Gasteiger partial charge in [-0.2, -0.15) is 0 Å². The summed E-state index contributed by atoms with van der Waals surface area (Å²) in [7, 11) is 0. The van der Waals surface area contributed by atoms with Crippen LogP contribution < -0.4 is 0 Å². The van der Waals surface area contributed by atoms with Crippen LogP contribution in [-0.4, -0.2) is 30.2 Å². The fourth-order valence-corrected chi connectivity index (χ4v) is 10.3. The topological polar surface area (TPSA) is 36.9 Å². The summed E-state index contributed by atoms with van der Waals surface area (Å²) in [6, 6.07) is 0. The van der Waals surface area contributed by atoms with Gasteiger partial charge in [-0.3, -0.25) is 0 Å². The molecule has 0 amide bonds. The number of ether oxygens (including phenoxy) is 2. The molecule has 0 unspecified atom stereocenters. The van der Waals surface area contributed by atoms with E-state index >= 15 is 0 Å². The molecule has 3 heterocycles. The maximum Gasteiger partial charge on any atom is 0.161 e. The van der Waals surface area contributed by atoms with Crippen molar-refractivity contribution in [3.8, 4) is 0 Å². The standard InChI is InChI=1S/C27H42O4/c1-16-4-5-22-17(2)24(28-15-26-11-18-8-19(12-26)10-20(9-18)13-26)29-23-14-25(3)7-6-21(16)27(22,23)31-30-25/h16-24H,4-15H2,1-3H3/t16-,17-,18?,19?,20?,21+,22+,23-,24+,25+,26?,27-/m1/s1. The van der Waals surface area contributed by atoms with Crippen molar-refractivity contribution in [1.82, 2.24) is 0 Å². The van der Waals surface area contributed by atoms with Crippen LogP contribution in [0.25, 0.3) is 0 Å². The fraction of sp³-hybridized carbons (Fsp3) is 1.00. The zero-order chi connectivity index (χ0) is 21.0. The Bertz CT molecular complexity index is 701. The van der Waals surface area contributed by atoms with Gasteiger partial charge >= 0.3 is 0 Å². The third-order valence-corrected chi connectivity index (χ3v) is 11.4. The van der Waals surface area contributed by atoms with Crippen molar-refractivity contribution >= 4 is 0 Å². The van der Waals surface area contributed by atoms with E-state index in [0.717, 1.165) is 37.2 Å². The van der Waals surface area contributed by atoms with Crippen molar-refractivity contribution in [2.24, 2.45) is 46.8 Å². The first kappa shape index (κ1) is 20.2. The summed E-state index contributed by atoms with van der Waals surface area (Å²) in [5.74, 6) is 5.02. The van der Waals surface area contributed by atoms with Gasteiger partial charge < -0.3 is 9.47 Å². The molecule has 31 heavy (non-hydrogen) atoms. The van der Waals surface area contributed by atoms with Gasteiger partial charge in [-0.15, -0.1) is 0 Å². The van der Waals surface area contributed by atoms with E-state index in [1.807, 2.05) is 0 Å². The summed E-state index contributed by atoms with van der Waals surface area (Å²) in [6.07, 6.45) is 14.5. The Morgan fingerprint density at radius 1 is 0.839 bits per heavy atom. The molecule has 6 aliphatic carbocycles. The van der Waals surface area contributed by atoms with Gasteiger partial charge in [-0.1, -0.05) is 13.8 Å². The monoisotopic (exact) mass is 430 g/mol. The smallest absolute Gasteiger partial charge is 0.161 e. The molecule has 174 valence electrons. The predicted molar refractivity (Wildman–Crippen MR) is 117 cm³/mol. The highest BCUT2D eigenvalue weighted by Gasteiger charge is 2.68. The van der Waals surface area contributed by atoms with Crippen molar-refractivity contribution in [3.05, 3.63) is 0 Å². The van der Waals surface area contributed by atoms with Crippen LogP contribution in [-0.2, 0) is 19.2 Å². The number of hydrogen-bond acceptors (Lipinski definition) is 4. The molecule has 0 aromatic carbocycles. The summed E-state index contributed by atoms with van der Waals surface area (Å²) in [4.78, 5) is 12.6. The first-order valence-corrected chi connectivity index (χ1v) is 13.5. The molecule has 1 spiro atoms. The molecular weight excluding hydrogens is 388 g/mol. The predicted octanol–water partition coefficient (Wildman–Crippen LogP) is 5.89. The van der Waals surface area contributed by atoms with E-state index in [2.05, 4.69) is 20.8 Å². The van der Waals surface area contributed by atoms with Crippen molar-refractivity contribution < 1.29 is 19.2 Å². The van der Waals surface area contributed by atoms with Gasteiger partial charge in [0.25, 0.3) is 0 Å². The van der Waals surface area contributed by atoms with Gasteiger partial charge in [0.1, 0.15) is 11.2 Å². The van der Waals surface area contributed by atoms with Crippen LogP contribution in [0.3, 0.4) is 0 Å². The van der Waals surface area contributed by atoms with Gasteiger partial charge in [-0.05, 0) is 106 Å². The average Bonchev–Trinajstić information content (AvgIpc) is 2.95. The average molecular weight is 431 g/mol. The van der Waals surface area contributed by atoms with Gasteiger partial charge in [-0.25, -0.2) is 9.78 Å². The SMILES string of the molecule is C[C@H]1[C@@H](OCC23CC4CC(CC(C4)C2)C3)O[C@@H]2C[C@]3(C)CC[C@H]4[C@H](C)CC[C@@H]1[C@@]24OO3. The first-order valence-electron chi connectivity index (χ1n) is 13.5. The lowest BCUT2D eigenvalue weighted by atomic mass is 9.50. The third kappa shape index (κ3) is 2.87. The van der Waals surface area contributed by atoms with Crippen molar-refractivity contribution in [2.45, 2.75) is 115 Å². The minimum atomic E-state index is -0.256. The molecule has 0 aromatic heterocycles. The second-order valence-corrected chi connectivity index (χ2v) is 13.6. The largest absolute Gasteiger partial charge is 0.352 e. The lowest BCUT2D eigenvalue weighted by Crippen LogP contribution is -2.69. The lowest BCUT2D eigenvalue weighted by Gasteiger charge is -2.61. The maximum atomic E-state index is 6.89. The lowest BCUT2D eigenvalue weighted by molar-refractivity contribution is -0.496. The Hall–Kier alpha value is -0.160. The maximum absolute atomic E-state index is 6.89. The van der Waals surface area contributed by atoms with E-state index in [4.69, 9.17) is 19.2 Å². The van der Waals surface area contributed by atoms with Crippen LogP contribution in [0.2, 0.25) is 0 Å². The van der Waals surface area contributed by atoms with Gasteiger partial charge in [0.15, 0.2) is 6.29 Å². The molecule has 0 radical (unpaired) electrons. The molecule has 4 nitrogen and oxygen atoms in total. The normalized spacial score (nSPS) is 61.8. The van der Waals surface area contributed by atoms with E-state index in [1.54, 1.807) is 0 Å². The molecule has 9 aliphatic rings. The molecule has 8 atom stereocenters. The van der Waals surface area contributed by atoms with E-state index in [-0.39, 0.29) is 23.6 Å². The zero-order valence-electron chi connectivity index (χ0n) is 19.8. The van der Waals surface area contributed by atoms with Gasteiger partial charge in [0.05, 0.1) is 12.7 Å². The number of hydrogen-bond donors (Lipinski definition) is 0. The van der Waals surface area contributed by atoms with E-state index in [9.17, 15) is 0 Å². The van der Waals surface area contributed by atoms with Crippen molar-refractivity contribution in [3.63, 3.8) is 0 Å². The van der Waals surface area contributed by atoms with Gasteiger partial charge in [0.2, 0.25) is 0 Å². The summed E-state index contributed by atoms with van der Waals surface area (Å²) in [5.41, 5.74) is -0.0130. The van der Waals surface area contributed by atoms with Crippen LogP contribution in [0.4, 0.5) is 0 Å². The molecule has 0 aromatic rings. The van der Waals surface area contributed by atoms with E-state index in [1.165, 1.54) is 57.8 Å². The molecule has 4 heteroatoms. The third-order valence-electron chi connectivity index (χ3n) is 11.4. The van der Waals surface area contributed by atoms with Gasteiger partial charge in [0, 0.05) is 18.3 Å². The minimum absolute atomic E-state index is 0.0748. The first-order chi connectivity index (χ1) is 14.9.